The van der Waals surface area contributed by atoms with Crippen LogP contribution in [0.25, 0.3) is 5.82 Å². The number of ether oxygens (including phenoxy) is 1. The third-order valence-corrected chi connectivity index (χ3v) is 3.63. The Kier molecular flexibility index (Phi) is 5.03. The number of carbonyl (C=O) groups is 1. The fourth-order valence-electron chi connectivity index (χ4n) is 2.24. The number of hydrogen-bond donors (Lipinski definition) is 0. The third-order valence-electron chi connectivity index (χ3n) is 3.63. The second kappa shape index (κ2) is 7.57. The summed E-state index contributed by atoms with van der Waals surface area (Å²) < 4.78 is 20.6. The van der Waals surface area contributed by atoms with Gasteiger partial charge in [-0.2, -0.15) is 0 Å². The molecule has 3 aromatic rings. The van der Waals surface area contributed by atoms with E-state index in [0.717, 1.165) is 0 Å². The van der Waals surface area contributed by atoms with Crippen LogP contribution in [-0.4, -0.2) is 45.5 Å². The first-order valence-corrected chi connectivity index (χ1v) is 7.72. The number of hydrogen-bond acceptors (Lipinski definition) is 4. The number of benzene rings is 1. The molecule has 0 atom stereocenters. The molecule has 0 fully saturated rings. The first-order valence-electron chi connectivity index (χ1n) is 7.72. The van der Waals surface area contributed by atoms with Gasteiger partial charge in [-0.15, -0.1) is 0 Å². The molecule has 1 amide bonds. The molecule has 0 aliphatic carbocycles. The van der Waals surface area contributed by atoms with Crippen molar-refractivity contribution < 1.29 is 13.9 Å². The van der Waals surface area contributed by atoms with E-state index in [0.29, 0.717) is 17.9 Å². The van der Waals surface area contributed by atoms with Gasteiger partial charge in [0.1, 0.15) is 18.8 Å². The molecule has 7 heteroatoms. The normalized spacial score (nSPS) is 10.5. The minimum Gasteiger partial charge on any atom is -0.489 e. The number of amides is 1. The molecule has 1 aromatic carbocycles. The highest BCUT2D eigenvalue weighted by atomic mass is 19.1. The molecular weight excluding hydrogens is 323 g/mol. The van der Waals surface area contributed by atoms with E-state index in [4.69, 9.17) is 4.74 Å². The number of pyridine rings is 1. The lowest BCUT2D eigenvalue weighted by molar-refractivity contribution is 0.0772. The highest BCUT2D eigenvalue weighted by molar-refractivity contribution is 5.93. The van der Waals surface area contributed by atoms with Crippen molar-refractivity contribution in [3.63, 3.8) is 0 Å². The number of halogens is 1. The maximum absolute atomic E-state index is 13.5. The largest absolute Gasteiger partial charge is 0.489 e. The molecule has 2 heterocycles. The number of aromatic nitrogens is 3. The summed E-state index contributed by atoms with van der Waals surface area (Å²) in [4.78, 5) is 22.1. The molecule has 128 valence electrons. The van der Waals surface area contributed by atoms with E-state index in [1.165, 1.54) is 17.2 Å². The van der Waals surface area contributed by atoms with E-state index < -0.39 is 5.82 Å². The number of para-hydroxylation sites is 1. The van der Waals surface area contributed by atoms with Gasteiger partial charge in [0.2, 0.25) is 0 Å². The molecular formula is C18H17FN4O2. The molecule has 0 saturated carbocycles. The van der Waals surface area contributed by atoms with Crippen molar-refractivity contribution in [1.82, 2.24) is 19.4 Å². The molecule has 0 radical (unpaired) electrons. The van der Waals surface area contributed by atoms with Crippen LogP contribution in [-0.2, 0) is 0 Å². The summed E-state index contributed by atoms with van der Waals surface area (Å²) in [6.45, 7) is 0.528. The molecule has 0 saturated heterocycles. The molecule has 6 nitrogen and oxygen atoms in total. The van der Waals surface area contributed by atoms with Gasteiger partial charge in [-0.05, 0) is 24.3 Å². The van der Waals surface area contributed by atoms with E-state index in [1.54, 1.807) is 60.7 Å². The molecule has 0 bridgehead atoms. The Hall–Kier alpha value is -3.22. The summed E-state index contributed by atoms with van der Waals surface area (Å²) in [7, 11) is 1.66. The van der Waals surface area contributed by atoms with E-state index in [9.17, 15) is 9.18 Å². The summed E-state index contributed by atoms with van der Waals surface area (Å²) in [5.74, 6) is 0.256. The number of rotatable bonds is 6. The van der Waals surface area contributed by atoms with E-state index in [1.807, 2.05) is 0 Å². The summed E-state index contributed by atoms with van der Waals surface area (Å²) in [5, 5.41) is 0. The Labute approximate surface area is 144 Å². The number of likely N-dealkylation sites (N-methyl/N-ethyl adjacent to an activating group) is 1. The van der Waals surface area contributed by atoms with Gasteiger partial charge < -0.3 is 9.64 Å². The first-order chi connectivity index (χ1) is 12.1. The first kappa shape index (κ1) is 16.6. The maximum atomic E-state index is 13.5. The van der Waals surface area contributed by atoms with Gasteiger partial charge in [-0.1, -0.05) is 12.1 Å². The maximum Gasteiger partial charge on any atom is 0.255 e. The van der Waals surface area contributed by atoms with Crippen molar-refractivity contribution in [2.75, 3.05) is 20.2 Å². The average Bonchev–Trinajstić information content (AvgIpc) is 3.17. The zero-order chi connectivity index (χ0) is 17.6. The Morgan fingerprint density at radius 1 is 1.28 bits per heavy atom. The molecule has 0 aliphatic heterocycles. The second-order valence-corrected chi connectivity index (χ2v) is 5.38. The van der Waals surface area contributed by atoms with Gasteiger partial charge in [0.25, 0.3) is 5.91 Å². The smallest absolute Gasteiger partial charge is 0.255 e. The van der Waals surface area contributed by atoms with Crippen LogP contribution >= 0.6 is 0 Å². The fraction of sp³-hybridized carbons (Fsp3) is 0.167. The van der Waals surface area contributed by atoms with Crippen LogP contribution in [0, 0.1) is 5.82 Å². The third kappa shape index (κ3) is 4.00. The van der Waals surface area contributed by atoms with Crippen molar-refractivity contribution in [2.24, 2.45) is 0 Å². The summed E-state index contributed by atoms with van der Waals surface area (Å²) in [5.41, 5.74) is 0.470. The van der Waals surface area contributed by atoms with Gasteiger partial charge in [0.05, 0.1) is 12.1 Å². The number of imidazole rings is 1. The Bertz CT molecular complexity index is 835. The van der Waals surface area contributed by atoms with Gasteiger partial charge in [0.15, 0.2) is 11.6 Å². The van der Waals surface area contributed by atoms with Crippen molar-refractivity contribution in [2.45, 2.75) is 0 Å². The van der Waals surface area contributed by atoms with Gasteiger partial charge in [0, 0.05) is 25.6 Å². The highest BCUT2D eigenvalue weighted by Crippen LogP contribution is 2.15. The van der Waals surface area contributed by atoms with Gasteiger partial charge in [-0.3, -0.25) is 9.36 Å². The molecule has 3 rings (SSSR count). The molecule has 0 aliphatic rings. The summed E-state index contributed by atoms with van der Waals surface area (Å²) in [6, 6.07) is 9.63. The van der Waals surface area contributed by atoms with Crippen molar-refractivity contribution in [1.29, 1.82) is 0 Å². The van der Waals surface area contributed by atoms with Crippen LogP contribution in [0.3, 0.4) is 0 Å². The number of nitrogens with zero attached hydrogens (tertiary/aromatic N) is 4. The van der Waals surface area contributed by atoms with Crippen LogP contribution in [0.4, 0.5) is 4.39 Å². The monoisotopic (exact) mass is 340 g/mol. The average molecular weight is 340 g/mol. The van der Waals surface area contributed by atoms with Crippen LogP contribution in [0.5, 0.6) is 5.75 Å². The van der Waals surface area contributed by atoms with E-state index in [2.05, 4.69) is 9.97 Å². The molecule has 0 N–H and O–H groups in total. The van der Waals surface area contributed by atoms with Crippen molar-refractivity contribution >= 4 is 5.91 Å². The van der Waals surface area contributed by atoms with Gasteiger partial charge >= 0.3 is 0 Å². The van der Waals surface area contributed by atoms with E-state index in [-0.39, 0.29) is 18.3 Å². The molecule has 2 aromatic heterocycles. The van der Waals surface area contributed by atoms with E-state index >= 15 is 0 Å². The van der Waals surface area contributed by atoms with Crippen LogP contribution in [0.2, 0.25) is 0 Å². The summed E-state index contributed by atoms with van der Waals surface area (Å²) in [6.07, 6.45) is 6.59. The zero-order valence-electron chi connectivity index (χ0n) is 13.7. The molecule has 0 spiro atoms. The Morgan fingerprint density at radius 3 is 2.80 bits per heavy atom. The lowest BCUT2D eigenvalue weighted by Gasteiger charge is -2.17. The fourth-order valence-corrected chi connectivity index (χ4v) is 2.24. The predicted molar refractivity (Wildman–Crippen MR) is 90.2 cm³/mol. The van der Waals surface area contributed by atoms with Crippen LogP contribution in [0.15, 0.2) is 61.3 Å². The summed E-state index contributed by atoms with van der Waals surface area (Å²) >= 11 is 0. The van der Waals surface area contributed by atoms with Crippen LogP contribution < -0.4 is 4.74 Å². The quantitative estimate of drug-likeness (QED) is 0.692. The highest BCUT2D eigenvalue weighted by Gasteiger charge is 2.13. The second-order valence-electron chi connectivity index (χ2n) is 5.38. The lowest BCUT2D eigenvalue weighted by atomic mass is 10.2. The van der Waals surface area contributed by atoms with Crippen molar-refractivity contribution in [3.8, 4) is 11.6 Å². The van der Waals surface area contributed by atoms with Crippen molar-refractivity contribution in [3.05, 3.63) is 72.7 Å². The minimum atomic E-state index is -0.421. The number of carbonyl (C=O) groups excluding carboxylic acids is 1. The zero-order valence-corrected chi connectivity index (χ0v) is 13.7. The lowest BCUT2D eigenvalue weighted by Crippen LogP contribution is -2.31. The molecule has 0 unspecified atom stereocenters. The topological polar surface area (TPSA) is 60.2 Å². The minimum absolute atomic E-state index is 0.176. The molecule has 25 heavy (non-hydrogen) atoms. The van der Waals surface area contributed by atoms with Crippen LogP contribution in [0.1, 0.15) is 10.4 Å². The Morgan fingerprint density at radius 2 is 2.12 bits per heavy atom. The Balaban J connectivity index is 1.56. The standard InChI is InChI=1S/C18H17FN4O2/c1-22(10-11-25-16-5-3-2-4-15(16)19)18(24)14-6-7-17(21-12-14)23-9-8-20-13-23/h2-9,12-13H,10-11H2,1H3. The predicted octanol–water partition coefficient (Wildman–Crippen LogP) is 2.56. The van der Waals surface area contributed by atoms with Gasteiger partial charge in [-0.25, -0.2) is 14.4 Å². The SMILES string of the molecule is CN(CCOc1ccccc1F)C(=O)c1ccc(-n2ccnc2)nc1.